The summed E-state index contributed by atoms with van der Waals surface area (Å²) in [6.45, 7) is 1.96. The molecule has 1 aliphatic rings. The SMILES string of the molecule is O=C(COc1nsnc1N1CCCCCC1)c1ccccc1. The van der Waals surface area contributed by atoms with Gasteiger partial charge in [0.2, 0.25) is 5.82 Å². The predicted molar refractivity (Wildman–Crippen MR) is 86.9 cm³/mol. The van der Waals surface area contributed by atoms with Gasteiger partial charge in [-0.15, -0.1) is 4.37 Å². The first-order chi connectivity index (χ1) is 10.8. The Bertz CT molecular complexity index is 607. The molecule has 2 aromatic rings. The van der Waals surface area contributed by atoms with Crippen molar-refractivity contribution in [1.29, 1.82) is 0 Å². The molecule has 0 N–H and O–H groups in total. The maximum absolute atomic E-state index is 12.1. The highest BCUT2D eigenvalue weighted by atomic mass is 32.1. The van der Waals surface area contributed by atoms with E-state index in [1.54, 1.807) is 12.1 Å². The third kappa shape index (κ3) is 3.62. The van der Waals surface area contributed by atoms with Crippen LogP contribution in [-0.2, 0) is 0 Å². The third-order valence-corrected chi connectivity index (χ3v) is 4.29. The van der Waals surface area contributed by atoms with E-state index in [0.717, 1.165) is 30.6 Å². The average molecular weight is 317 g/mol. The van der Waals surface area contributed by atoms with Crippen molar-refractivity contribution in [3.8, 4) is 5.88 Å². The zero-order chi connectivity index (χ0) is 15.2. The Hall–Kier alpha value is -1.95. The number of anilines is 1. The zero-order valence-corrected chi connectivity index (χ0v) is 13.2. The van der Waals surface area contributed by atoms with Crippen LogP contribution < -0.4 is 9.64 Å². The number of carbonyl (C=O) groups excluding carboxylic acids is 1. The highest BCUT2D eigenvalue weighted by molar-refractivity contribution is 6.99. The summed E-state index contributed by atoms with van der Waals surface area (Å²) in [6, 6.07) is 9.17. The van der Waals surface area contributed by atoms with Crippen molar-refractivity contribution < 1.29 is 9.53 Å². The van der Waals surface area contributed by atoms with Gasteiger partial charge in [0.05, 0.1) is 11.7 Å². The first-order valence-corrected chi connectivity index (χ1v) is 8.36. The second-order valence-corrected chi connectivity index (χ2v) is 5.90. The molecular formula is C16H19N3O2S. The molecule has 0 atom stereocenters. The number of aromatic nitrogens is 2. The first-order valence-electron chi connectivity index (χ1n) is 7.63. The predicted octanol–water partition coefficient (Wildman–Crippen LogP) is 3.18. The van der Waals surface area contributed by atoms with E-state index in [-0.39, 0.29) is 12.4 Å². The fraction of sp³-hybridized carbons (Fsp3) is 0.438. The monoisotopic (exact) mass is 317 g/mol. The van der Waals surface area contributed by atoms with Crippen LogP contribution in [0.3, 0.4) is 0 Å². The van der Waals surface area contributed by atoms with Crippen molar-refractivity contribution in [3.05, 3.63) is 35.9 Å². The molecule has 0 spiro atoms. The highest BCUT2D eigenvalue weighted by Crippen LogP contribution is 2.27. The van der Waals surface area contributed by atoms with E-state index in [1.165, 1.54) is 25.7 Å². The lowest BCUT2D eigenvalue weighted by molar-refractivity contribution is 0.0919. The lowest BCUT2D eigenvalue weighted by atomic mass is 10.1. The van der Waals surface area contributed by atoms with Gasteiger partial charge in [-0.05, 0) is 12.8 Å². The summed E-state index contributed by atoms with van der Waals surface area (Å²) in [7, 11) is 0. The highest BCUT2D eigenvalue weighted by Gasteiger charge is 2.19. The minimum Gasteiger partial charge on any atom is -0.466 e. The van der Waals surface area contributed by atoms with Crippen molar-refractivity contribution in [2.24, 2.45) is 0 Å². The number of benzene rings is 1. The molecule has 0 radical (unpaired) electrons. The Balaban J connectivity index is 1.64. The molecular weight excluding hydrogens is 298 g/mol. The number of ketones is 1. The number of ether oxygens (including phenoxy) is 1. The van der Waals surface area contributed by atoms with E-state index in [9.17, 15) is 4.79 Å². The Kier molecular flexibility index (Phi) is 5.00. The van der Waals surface area contributed by atoms with Crippen LogP contribution in [0, 0.1) is 0 Å². The van der Waals surface area contributed by atoms with Crippen molar-refractivity contribution in [1.82, 2.24) is 8.75 Å². The average Bonchev–Trinajstić information content (AvgIpc) is 2.86. The van der Waals surface area contributed by atoms with Crippen molar-refractivity contribution in [3.63, 3.8) is 0 Å². The fourth-order valence-electron chi connectivity index (χ4n) is 2.58. The molecule has 0 saturated carbocycles. The van der Waals surface area contributed by atoms with Crippen LogP contribution in [-0.4, -0.2) is 34.2 Å². The van der Waals surface area contributed by atoms with Gasteiger partial charge in [0.1, 0.15) is 0 Å². The van der Waals surface area contributed by atoms with Crippen LogP contribution in [0.5, 0.6) is 5.88 Å². The number of hydrogen-bond acceptors (Lipinski definition) is 6. The summed E-state index contributed by atoms with van der Waals surface area (Å²) in [5.41, 5.74) is 0.655. The number of nitrogens with zero attached hydrogens (tertiary/aromatic N) is 3. The van der Waals surface area contributed by atoms with E-state index < -0.39 is 0 Å². The Morgan fingerprint density at radius 1 is 1.09 bits per heavy atom. The topological polar surface area (TPSA) is 55.3 Å². The fourth-order valence-corrected chi connectivity index (χ4v) is 3.10. The van der Waals surface area contributed by atoms with E-state index in [4.69, 9.17) is 4.74 Å². The molecule has 0 unspecified atom stereocenters. The maximum atomic E-state index is 12.1. The van der Waals surface area contributed by atoms with Crippen LogP contribution in [0.15, 0.2) is 30.3 Å². The molecule has 3 rings (SSSR count). The quantitative estimate of drug-likeness (QED) is 0.793. The largest absolute Gasteiger partial charge is 0.466 e. The first kappa shape index (κ1) is 15.0. The second kappa shape index (κ2) is 7.35. The van der Waals surface area contributed by atoms with Crippen molar-refractivity contribution >= 4 is 23.3 Å². The van der Waals surface area contributed by atoms with Gasteiger partial charge >= 0.3 is 0 Å². The van der Waals surface area contributed by atoms with E-state index >= 15 is 0 Å². The summed E-state index contributed by atoms with van der Waals surface area (Å²) in [4.78, 5) is 14.3. The Labute approximate surface area is 134 Å². The van der Waals surface area contributed by atoms with Gasteiger partial charge in [0.15, 0.2) is 12.4 Å². The number of rotatable bonds is 5. The number of carbonyl (C=O) groups is 1. The standard InChI is InChI=1S/C16H19N3O2S/c20-14(13-8-4-3-5-9-13)12-21-16-15(17-22-18-16)19-10-6-1-2-7-11-19/h3-5,8-9H,1-2,6-7,10-12H2. The summed E-state index contributed by atoms with van der Waals surface area (Å²) >= 11 is 1.14. The summed E-state index contributed by atoms with van der Waals surface area (Å²) in [6.07, 6.45) is 4.85. The van der Waals surface area contributed by atoms with Crippen LogP contribution in [0.2, 0.25) is 0 Å². The van der Waals surface area contributed by atoms with Gasteiger partial charge in [0.25, 0.3) is 5.88 Å². The van der Waals surface area contributed by atoms with Gasteiger partial charge in [0, 0.05) is 18.7 Å². The molecule has 1 aromatic heterocycles. The molecule has 0 aliphatic carbocycles. The normalized spacial score (nSPS) is 15.4. The zero-order valence-electron chi connectivity index (χ0n) is 12.4. The number of Topliss-reactive ketones (excluding diaryl/α,β-unsaturated/α-hetero) is 1. The third-order valence-electron chi connectivity index (χ3n) is 3.78. The lowest BCUT2D eigenvalue weighted by Gasteiger charge is -2.20. The van der Waals surface area contributed by atoms with E-state index in [0.29, 0.717) is 11.4 Å². The molecule has 2 heterocycles. The molecule has 1 aromatic carbocycles. The van der Waals surface area contributed by atoms with E-state index in [2.05, 4.69) is 13.6 Å². The number of hydrogen-bond donors (Lipinski definition) is 0. The minimum atomic E-state index is -0.0459. The van der Waals surface area contributed by atoms with Crippen LogP contribution in [0.4, 0.5) is 5.82 Å². The van der Waals surface area contributed by atoms with Gasteiger partial charge in [-0.1, -0.05) is 43.2 Å². The van der Waals surface area contributed by atoms with Crippen molar-refractivity contribution in [2.45, 2.75) is 25.7 Å². The molecule has 116 valence electrons. The van der Waals surface area contributed by atoms with Crippen LogP contribution >= 0.6 is 11.7 Å². The summed E-state index contributed by atoms with van der Waals surface area (Å²) in [5, 5.41) is 0. The molecule has 6 heteroatoms. The van der Waals surface area contributed by atoms with Gasteiger partial charge in [-0.25, -0.2) is 0 Å². The summed E-state index contributed by atoms with van der Waals surface area (Å²) in [5.74, 6) is 1.22. The lowest BCUT2D eigenvalue weighted by Crippen LogP contribution is -2.25. The maximum Gasteiger partial charge on any atom is 0.271 e. The molecule has 1 fully saturated rings. The Morgan fingerprint density at radius 2 is 1.82 bits per heavy atom. The molecule has 1 aliphatic heterocycles. The smallest absolute Gasteiger partial charge is 0.271 e. The van der Waals surface area contributed by atoms with Crippen molar-refractivity contribution in [2.75, 3.05) is 24.6 Å². The minimum absolute atomic E-state index is 0.00370. The van der Waals surface area contributed by atoms with Gasteiger partial charge < -0.3 is 9.64 Å². The molecule has 0 amide bonds. The molecule has 0 bridgehead atoms. The molecule has 1 saturated heterocycles. The molecule has 5 nitrogen and oxygen atoms in total. The van der Waals surface area contributed by atoms with Crippen LogP contribution in [0.1, 0.15) is 36.0 Å². The van der Waals surface area contributed by atoms with Crippen LogP contribution in [0.25, 0.3) is 0 Å². The Morgan fingerprint density at radius 3 is 2.55 bits per heavy atom. The van der Waals surface area contributed by atoms with Gasteiger partial charge in [-0.2, -0.15) is 4.37 Å². The van der Waals surface area contributed by atoms with E-state index in [1.807, 2.05) is 18.2 Å². The second-order valence-electron chi connectivity index (χ2n) is 5.37. The molecule has 22 heavy (non-hydrogen) atoms. The summed E-state index contributed by atoms with van der Waals surface area (Å²) < 4.78 is 14.2. The van der Waals surface area contributed by atoms with Gasteiger partial charge in [-0.3, -0.25) is 4.79 Å².